The summed E-state index contributed by atoms with van der Waals surface area (Å²) in [4.78, 5) is 2.32. The van der Waals surface area contributed by atoms with Crippen molar-refractivity contribution in [1.29, 1.82) is 0 Å². The van der Waals surface area contributed by atoms with Crippen LogP contribution in [0.4, 0.5) is 0 Å². The number of hydrogen-bond acceptors (Lipinski definition) is 3. The zero-order chi connectivity index (χ0) is 13.2. The molecule has 0 bridgehead atoms. The number of methoxy groups -OCH3 is 1. The predicted octanol–water partition coefficient (Wildman–Crippen LogP) is 3.17. The Kier molecular flexibility index (Phi) is 8.67. The first-order valence-electron chi connectivity index (χ1n) is 5.92. The first-order valence-corrected chi connectivity index (χ1v) is 7.83. The van der Waals surface area contributed by atoms with Crippen LogP contribution in [0.5, 0.6) is 5.75 Å². The Morgan fingerprint density at radius 2 is 1.94 bits per heavy atom. The van der Waals surface area contributed by atoms with Crippen LogP contribution in [0.3, 0.4) is 0 Å². The topological polar surface area (TPSA) is 21.7 Å². The molecule has 3 nitrogen and oxygen atoms in total. The van der Waals surface area contributed by atoms with Gasteiger partial charge in [0, 0.05) is 36.5 Å². The SMILES string of the molecule is COCCN(CCBr)CCOc1cccc(Br)c1. The normalized spacial score (nSPS) is 10.9. The van der Waals surface area contributed by atoms with E-state index in [1.807, 2.05) is 24.3 Å². The van der Waals surface area contributed by atoms with Crippen LogP contribution in [0.2, 0.25) is 0 Å². The van der Waals surface area contributed by atoms with Crippen LogP contribution in [0, 0.1) is 0 Å². The number of benzene rings is 1. The minimum absolute atomic E-state index is 0.688. The lowest BCUT2D eigenvalue weighted by molar-refractivity contribution is 0.139. The molecule has 1 aromatic rings. The molecular formula is C13H19Br2NO2. The maximum atomic E-state index is 5.72. The van der Waals surface area contributed by atoms with Gasteiger partial charge in [-0.25, -0.2) is 0 Å². The van der Waals surface area contributed by atoms with Crippen molar-refractivity contribution in [3.8, 4) is 5.75 Å². The van der Waals surface area contributed by atoms with Crippen molar-refractivity contribution in [3.05, 3.63) is 28.7 Å². The van der Waals surface area contributed by atoms with E-state index in [9.17, 15) is 0 Å². The number of hydrogen-bond donors (Lipinski definition) is 0. The molecule has 0 aliphatic rings. The van der Waals surface area contributed by atoms with E-state index in [1.54, 1.807) is 7.11 Å². The maximum Gasteiger partial charge on any atom is 0.120 e. The van der Waals surface area contributed by atoms with Gasteiger partial charge in [0.25, 0.3) is 0 Å². The zero-order valence-electron chi connectivity index (χ0n) is 10.6. The molecule has 0 spiro atoms. The van der Waals surface area contributed by atoms with Crippen LogP contribution in [0.25, 0.3) is 0 Å². The first kappa shape index (κ1) is 16.0. The lowest BCUT2D eigenvalue weighted by Gasteiger charge is -2.20. The summed E-state index contributed by atoms with van der Waals surface area (Å²) in [6, 6.07) is 7.90. The van der Waals surface area contributed by atoms with Crippen LogP contribution < -0.4 is 4.74 Å². The van der Waals surface area contributed by atoms with Crippen LogP contribution in [0.1, 0.15) is 0 Å². The molecule has 18 heavy (non-hydrogen) atoms. The Morgan fingerprint density at radius 1 is 1.17 bits per heavy atom. The van der Waals surface area contributed by atoms with Gasteiger partial charge in [0.1, 0.15) is 12.4 Å². The van der Waals surface area contributed by atoms with Gasteiger partial charge in [-0.1, -0.05) is 37.9 Å². The second-order valence-electron chi connectivity index (χ2n) is 3.83. The van der Waals surface area contributed by atoms with Gasteiger partial charge in [-0.2, -0.15) is 0 Å². The second kappa shape index (κ2) is 9.78. The smallest absolute Gasteiger partial charge is 0.120 e. The van der Waals surface area contributed by atoms with Gasteiger partial charge in [-0.3, -0.25) is 4.90 Å². The van der Waals surface area contributed by atoms with Crippen molar-refractivity contribution in [2.75, 3.05) is 45.3 Å². The third-order valence-corrected chi connectivity index (χ3v) is 3.33. The summed E-state index contributed by atoms with van der Waals surface area (Å²) < 4.78 is 11.8. The van der Waals surface area contributed by atoms with E-state index in [0.717, 1.165) is 41.8 Å². The van der Waals surface area contributed by atoms with Gasteiger partial charge in [0.15, 0.2) is 0 Å². The first-order chi connectivity index (χ1) is 8.76. The van der Waals surface area contributed by atoms with Crippen LogP contribution >= 0.6 is 31.9 Å². The standard InChI is InChI=1S/C13H19Br2NO2/c1-17-9-7-16(6-5-14)8-10-18-13-4-2-3-12(15)11-13/h2-4,11H,5-10H2,1H3. The summed E-state index contributed by atoms with van der Waals surface area (Å²) >= 11 is 6.89. The molecule has 0 heterocycles. The lowest BCUT2D eigenvalue weighted by atomic mass is 10.3. The molecule has 0 radical (unpaired) electrons. The maximum absolute atomic E-state index is 5.72. The quantitative estimate of drug-likeness (QED) is 0.614. The van der Waals surface area contributed by atoms with Gasteiger partial charge in [0.05, 0.1) is 6.61 Å². The fourth-order valence-electron chi connectivity index (χ4n) is 1.52. The summed E-state index contributed by atoms with van der Waals surface area (Å²) in [5.41, 5.74) is 0. The number of ether oxygens (including phenoxy) is 2. The van der Waals surface area contributed by atoms with E-state index in [1.165, 1.54) is 0 Å². The molecule has 0 N–H and O–H groups in total. The van der Waals surface area contributed by atoms with Gasteiger partial charge < -0.3 is 9.47 Å². The molecule has 0 amide bonds. The third-order valence-electron chi connectivity index (χ3n) is 2.48. The number of alkyl halides is 1. The Labute approximate surface area is 126 Å². The van der Waals surface area contributed by atoms with E-state index in [2.05, 4.69) is 36.8 Å². The van der Waals surface area contributed by atoms with Crippen molar-refractivity contribution >= 4 is 31.9 Å². The fourth-order valence-corrected chi connectivity index (χ4v) is 2.40. The summed E-state index contributed by atoms with van der Waals surface area (Å²) in [6.45, 7) is 4.29. The molecule has 0 aromatic heterocycles. The average molecular weight is 381 g/mol. The lowest BCUT2D eigenvalue weighted by Crippen LogP contribution is -2.33. The van der Waals surface area contributed by atoms with Crippen LogP contribution in [-0.2, 0) is 4.74 Å². The molecule has 1 aromatic carbocycles. The molecule has 0 aliphatic heterocycles. The van der Waals surface area contributed by atoms with Crippen molar-refractivity contribution in [2.45, 2.75) is 0 Å². The number of nitrogens with zero attached hydrogens (tertiary/aromatic N) is 1. The average Bonchev–Trinajstić information content (AvgIpc) is 2.36. The molecule has 0 aliphatic carbocycles. The van der Waals surface area contributed by atoms with Gasteiger partial charge in [0.2, 0.25) is 0 Å². The summed E-state index contributed by atoms with van der Waals surface area (Å²) in [6.07, 6.45) is 0. The molecule has 0 atom stereocenters. The number of halogens is 2. The summed E-state index contributed by atoms with van der Waals surface area (Å²) in [7, 11) is 1.73. The monoisotopic (exact) mass is 379 g/mol. The van der Waals surface area contributed by atoms with E-state index in [0.29, 0.717) is 6.61 Å². The highest BCUT2D eigenvalue weighted by molar-refractivity contribution is 9.10. The summed E-state index contributed by atoms with van der Waals surface area (Å²) in [5.74, 6) is 0.898. The van der Waals surface area contributed by atoms with Crippen LogP contribution in [0.15, 0.2) is 28.7 Å². The molecule has 0 fully saturated rings. The van der Waals surface area contributed by atoms with Crippen molar-refractivity contribution in [3.63, 3.8) is 0 Å². The Hall–Kier alpha value is -0.100. The number of rotatable bonds is 9. The fraction of sp³-hybridized carbons (Fsp3) is 0.538. The second-order valence-corrected chi connectivity index (χ2v) is 5.54. The largest absolute Gasteiger partial charge is 0.492 e. The molecule has 102 valence electrons. The Bertz CT molecular complexity index is 337. The summed E-state index contributed by atoms with van der Waals surface area (Å²) in [5, 5.41) is 0.966. The van der Waals surface area contributed by atoms with Crippen molar-refractivity contribution in [2.24, 2.45) is 0 Å². The van der Waals surface area contributed by atoms with Crippen molar-refractivity contribution < 1.29 is 9.47 Å². The van der Waals surface area contributed by atoms with Crippen LogP contribution in [-0.4, -0.2) is 50.2 Å². The van der Waals surface area contributed by atoms with E-state index < -0.39 is 0 Å². The zero-order valence-corrected chi connectivity index (χ0v) is 13.7. The molecular weight excluding hydrogens is 362 g/mol. The minimum atomic E-state index is 0.688. The Balaban J connectivity index is 2.29. The third kappa shape index (κ3) is 6.73. The molecule has 0 saturated carbocycles. The molecule has 0 saturated heterocycles. The predicted molar refractivity (Wildman–Crippen MR) is 81.7 cm³/mol. The molecule has 5 heteroatoms. The van der Waals surface area contributed by atoms with Crippen molar-refractivity contribution in [1.82, 2.24) is 4.90 Å². The highest BCUT2D eigenvalue weighted by Gasteiger charge is 2.04. The van der Waals surface area contributed by atoms with E-state index in [4.69, 9.17) is 9.47 Å². The minimum Gasteiger partial charge on any atom is -0.492 e. The molecule has 0 unspecified atom stereocenters. The molecule has 1 rings (SSSR count). The van der Waals surface area contributed by atoms with E-state index in [-0.39, 0.29) is 0 Å². The highest BCUT2D eigenvalue weighted by atomic mass is 79.9. The highest BCUT2D eigenvalue weighted by Crippen LogP contribution is 2.17. The van der Waals surface area contributed by atoms with Gasteiger partial charge in [-0.15, -0.1) is 0 Å². The van der Waals surface area contributed by atoms with Gasteiger partial charge in [-0.05, 0) is 18.2 Å². The van der Waals surface area contributed by atoms with Gasteiger partial charge >= 0.3 is 0 Å². The Morgan fingerprint density at radius 3 is 2.61 bits per heavy atom. The van der Waals surface area contributed by atoms with E-state index >= 15 is 0 Å².